The number of hydrogen-bond acceptors (Lipinski definition) is 5. The summed E-state index contributed by atoms with van der Waals surface area (Å²) in [5.41, 5.74) is 1.48. The number of nitrogens with one attached hydrogen (secondary N) is 1. The van der Waals surface area contributed by atoms with Crippen molar-refractivity contribution < 1.29 is 13.9 Å². The number of aromatic nitrogens is 3. The van der Waals surface area contributed by atoms with Gasteiger partial charge in [-0.25, -0.2) is 13.9 Å². The van der Waals surface area contributed by atoms with E-state index in [0.717, 1.165) is 30.8 Å². The van der Waals surface area contributed by atoms with Crippen LogP contribution in [0.2, 0.25) is 0 Å². The van der Waals surface area contributed by atoms with E-state index in [0.29, 0.717) is 41.3 Å². The lowest BCUT2D eigenvalue weighted by Crippen LogP contribution is -2.41. The highest BCUT2D eigenvalue weighted by atomic mass is 19.1. The number of amides is 1. The first-order chi connectivity index (χ1) is 15.0. The number of piperidine rings is 1. The van der Waals surface area contributed by atoms with Gasteiger partial charge in [0.25, 0.3) is 5.91 Å². The summed E-state index contributed by atoms with van der Waals surface area (Å²) in [5, 5.41) is 7.45. The van der Waals surface area contributed by atoms with Crippen molar-refractivity contribution in [3.63, 3.8) is 0 Å². The Morgan fingerprint density at radius 2 is 2.16 bits per heavy atom. The fourth-order valence-corrected chi connectivity index (χ4v) is 5.59. The molecule has 3 aromatic rings. The average Bonchev–Trinajstić information content (AvgIpc) is 3.51. The molecule has 1 saturated heterocycles. The maximum atomic E-state index is 14.4. The molecule has 2 saturated carbocycles. The van der Waals surface area contributed by atoms with E-state index in [9.17, 15) is 9.18 Å². The van der Waals surface area contributed by atoms with E-state index >= 15 is 0 Å². The molecule has 1 spiro atoms. The van der Waals surface area contributed by atoms with Crippen molar-refractivity contribution in [3.05, 3.63) is 53.6 Å². The van der Waals surface area contributed by atoms with Crippen LogP contribution in [0.1, 0.15) is 41.7 Å². The maximum Gasteiger partial charge on any atom is 0.257 e. The third-order valence-corrected chi connectivity index (χ3v) is 7.66. The minimum atomic E-state index is -0.395. The molecule has 7 rings (SSSR count). The van der Waals surface area contributed by atoms with Crippen molar-refractivity contribution in [2.24, 2.45) is 17.8 Å². The lowest BCUT2D eigenvalue weighted by Gasteiger charge is -2.31. The zero-order valence-electron chi connectivity index (χ0n) is 17.1. The lowest BCUT2D eigenvalue weighted by molar-refractivity contribution is 0.0914. The molecule has 158 valence electrons. The number of rotatable bonds is 0. The number of ether oxygens (including phenoxy) is 1. The molecule has 1 amide bonds. The first-order valence-corrected chi connectivity index (χ1v) is 10.9. The summed E-state index contributed by atoms with van der Waals surface area (Å²) in [5.74, 6) is 2.59. The Balaban J connectivity index is 1.44. The maximum absolute atomic E-state index is 14.4. The van der Waals surface area contributed by atoms with Crippen molar-refractivity contribution in [1.29, 1.82) is 0 Å². The minimum absolute atomic E-state index is 0.00779. The zero-order chi connectivity index (χ0) is 20.9. The predicted molar refractivity (Wildman–Crippen MR) is 111 cm³/mol. The van der Waals surface area contributed by atoms with Gasteiger partial charge >= 0.3 is 0 Å². The van der Waals surface area contributed by atoms with Crippen LogP contribution in [0, 0.1) is 23.6 Å². The Labute approximate surface area is 178 Å². The second-order valence-corrected chi connectivity index (χ2v) is 9.51. The molecule has 4 atom stereocenters. The van der Waals surface area contributed by atoms with E-state index in [1.165, 1.54) is 6.07 Å². The van der Waals surface area contributed by atoms with Gasteiger partial charge in [-0.3, -0.25) is 4.79 Å². The average molecular weight is 419 g/mol. The van der Waals surface area contributed by atoms with Crippen LogP contribution in [0.3, 0.4) is 0 Å². The van der Waals surface area contributed by atoms with Crippen LogP contribution in [0.4, 0.5) is 10.2 Å². The quantitative estimate of drug-likeness (QED) is 0.607. The van der Waals surface area contributed by atoms with Crippen molar-refractivity contribution in [3.8, 4) is 5.75 Å². The molecular weight excluding hydrogens is 397 g/mol. The molecule has 31 heavy (non-hydrogen) atoms. The van der Waals surface area contributed by atoms with Crippen LogP contribution in [-0.4, -0.2) is 39.2 Å². The number of fused-ring (bicyclic) bond motifs is 7. The zero-order valence-corrected chi connectivity index (χ0v) is 17.1. The number of anilines is 1. The third-order valence-electron chi connectivity index (χ3n) is 7.66. The van der Waals surface area contributed by atoms with Gasteiger partial charge in [-0.15, -0.1) is 0 Å². The van der Waals surface area contributed by atoms with E-state index in [-0.39, 0.29) is 17.8 Å². The lowest BCUT2D eigenvalue weighted by atomic mass is 9.99. The molecule has 4 aliphatic rings. The van der Waals surface area contributed by atoms with E-state index < -0.39 is 5.54 Å². The van der Waals surface area contributed by atoms with E-state index in [4.69, 9.17) is 9.72 Å². The fraction of sp³-hybridized carbons (Fsp3) is 0.435. The minimum Gasteiger partial charge on any atom is -0.491 e. The second kappa shape index (κ2) is 5.75. The molecule has 0 unspecified atom stereocenters. The van der Waals surface area contributed by atoms with Crippen LogP contribution >= 0.6 is 0 Å². The van der Waals surface area contributed by atoms with E-state index in [1.54, 1.807) is 22.8 Å². The highest BCUT2D eigenvalue weighted by molar-refractivity contribution is 6.00. The molecule has 0 radical (unpaired) electrons. The normalized spacial score (nSPS) is 29.9. The molecule has 2 aliphatic heterocycles. The van der Waals surface area contributed by atoms with Gasteiger partial charge in [-0.05, 0) is 54.9 Å². The Hall–Kier alpha value is -3.16. The topological polar surface area (TPSA) is 71.8 Å². The van der Waals surface area contributed by atoms with Crippen LogP contribution in [-0.2, 0) is 0 Å². The molecule has 8 heteroatoms. The standard InChI is InChI=1S/C23H22FN5O2/c1-12-16-10-28-18-4-7-29-21(26-18)15(9-25-29)22(30)27-23(5-6-23)11-31-17-3-2-13(24)8-14(17)20(28)19(12)16/h2-4,7-9,12,16,19-20H,5-6,10-11H2,1H3,(H,27,30)/t12-,16+,19-,20+/m1/s1. The summed E-state index contributed by atoms with van der Waals surface area (Å²) in [6.45, 7) is 3.49. The summed E-state index contributed by atoms with van der Waals surface area (Å²) in [7, 11) is 0. The van der Waals surface area contributed by atoms with E-state index in [2.05, 4.69) is 22.2 Å². The van der Waals surface area contributed by atoms with Gasteiger partial charge in [0.15, 0.2) is 5.65 Å². The summed E-state index contributed by atoms with van der Waals surface area (Å²) in [6, 6.07) is 6.70. The monoisotopic (exact) mass is 419 g/mol. The molecule has 2 aromatic heterocycles. The summed E-state index contributed by atoms with van der Waals surface area (Å²) in [6.07, 6.45) is 5.12. The van der Waals surface area contributed by atoms with Crippen LogP contribution < -0.4 is 15.0 Å². The number of carbonyl (C=O) groups excluding carboxylic acids is 1. The van der Waals surface area contributed by atoms with Crippen LogP contribution in [0.5, 0.6) is 5.75 Å². The highest BCUT2D eigenvalue weighted by Gasteiger charge is 2.60. The van der Waals surface area contributed by atoms with Crippen molar-refractivity contribution in [2.45, 2.75) is 31.3 Å². The van der Waals surface area contributed by atoms with Crippen LogP contribution in [0.25, 0.3) is 5.65 Å². The number of halogens is 1. The van der Waals surface area contributed by atoms with Gasteiger partial charge in [-0.2, -0.15) is 5.10 Å². The molecule has 7 nitrogen and oxygen atoms in total. The van der Waals surface area contributed by atoms with Gasteiger partial charge in [0, 0.05) is 18.3 Å². The van der Waals surface area contributed by atoms with Crippen molar-refractivity contribution in [1.82, 2.24) is 19.9 Å². The molecule has 3 fully saturated rings. The van der Waals surface area contributed by atoms with Gasteiger partial charge in [-0.1, -0.05) is 6.92 Å². The second-order valence-electron chi connectivity index (χ2n) is 9.51. The first kappa shape index (κ1) is 17.5. The van der Waals surface area contributed by atoms with Gasteiger partial charge in [0.2, 0.25) is 0 Å². The molecule has 4 heterocycles. The number of benzene rings is 1. The Morgan fingerprint density at radius 3 is 3.00 bits per heavy atom. The fourth-order valence-electron chi connectivity index (χ4n) is 5.59. The molecular formula is C23H22FN5O2. The van der Waals surface area contributed by atoms with Gasteiger partial charge in [0.05, 0.1) is 17.8 Å². The molecule has 2 bridgehead atoms. The largest absolute Gasteiger partial charge is 0.491 e. The van der Waals surface area contributed by atoms with Crippen LogP contribution in [0.15, 0.2) is 36.7 Å². The highest BCUT2D eigenvalue weighted by Crippen LogP contribution is 2.62. The third kappa shape index (κ3) is 2.47. The summed E-state index contributed by atoms with van der Waals surface area (Å²) < 4.78 is 22.3. The Bertz CT molecular complexity index is 1250. The predicted octanol–water partition coefficient (Wildman–Crippen LogP) is 2.97. The first-order valence-electron chi connectivity index (χ1n) is 10.9. The Kier molecular flexibility index (Phi) is 3.25. The number of nitrogens with zero attached hydrogens (tertiary/aromatic N) is 4. The van der Waals surface area contributed by atoms with Crippen molar-refractivity contribution in [2.75, 3.05) is 18.1 Å². The van der Waals surface area contributed by atoms with Gasteiger partial charge < -0.3 is 15.0 Å². The summed E-state index contributed by atoms with van der Waals surface area (Å²) >= 11 is 0. The smallest absolute Gasteiger partial charge is 0.257 e. The number of carbonyl (C=O) groups is 1. The molecule has 1 aromatic carbocycles. The SMILES string of the molecule is C[C@@H]1[C@@H]2CN3c4ccn5ncc(c5n4)C(=O)NC4(CC4)COc4ccc(F)cc4[C@H]3[C@H]12. The van der Waals surface area contributed by atoms with E-state index in [1.807, 2.05) is 12.3 Å². The summed E-state index contributed by atoms with van der Waals surface area (Å²) in [4.78, 5) is 20.1. The Morgan fingerprint density at radius 1 is 1.29 bits per heavy atom. The van der Waals surface area contributed by atoms with Gasteiger partial charge in [0.1, 0.15) is 29.6 Å². The molecule has 2 aliphatic carbocycles. The number of hydrogen-bond donors (Lipinski definition) is 1. The molecule has 1 N–H and O–H groups in total. The van der Waals surface area contributed by atoms with Crippen molar-refractivity contribution >= 4 is 17.4 Å².